The third kappa shape index (κ3) is 4.47. The number of nitrogens with one attached hydrogen (secondary N) is 1. The second-order valence-corrected chi connectivity index (χ2v) is 3.12. The van der Waals surface area contributed by atoms with E-state index < -0.39 is 0 Å². The Labute approximate surface area is 91.3 Å². The van der Waals surface area contributed by atoms with E-state index in [0.29, 0.717) is 0 Å². The van der Waals surface area contributed by atoms with Crippen LogP contribution >= 0.6 is 0 Å². The minimum atomic E-state index is 0.840. The van der Waals surface area contributed by atoms with Crippen molar-refractivity contribution in [3.8, 4) is 5.75 Å². The van der Waals surface area contributed by atoms with Crippen LogP contribution in [0.15, 0.2) is 43.0 Å². The van der Waals surface area contributed by atoms with Gasteiger partial charge in [0.15, 0.2) is 0 Å². The summed E-state index contributed by atoms with van der Waals surface area (Å²) < 4.78 is 5.08. The molecule has 0 fully saturated rings. The highest BCUT2D eigenvalue weighted by molar-refractivity contribution is 5.50. The number of ether oxygens (including phenoxy) is 1. The maximum absolute atomic E-state index is 5.08. The lowest BCUT2D eigenvalue weighted by Crippen LogP contribution is -2.12. The summed E-state index contributed by atoms with van der Waals surface area (Å²) in [7, 11) is 1.67. The molecule has 0 amide bonds. The van der Waals surface area contributed by atoms with Crippen LogP contribution in [0.1, 0.15) is 5.56 Å². The van der Waals surface area contributed by atoms with Crippen molar-refractivity contribution in [3.63, 3.8) is 0 Å². The van der Waals surface area contributed by atoms with E-state index in [2.05, 4.69) is 24.0 Å². The number of rotatable bonds is 6. The van der Waals surface area contributed by atoms with Gasteiger partial charge >= 0.3 is 0 Å². The predicted molar refractivity (Wildman–Crippen MR) is 65.1 cm³/mol. The molecule has 0 bridgehead atoms. The van der Waals surface area contributed by atoms with Crippen molar-refractivity contribution in [2.75, 3.05) is 20.2 Å². The molecule has 0 aliphatic heterocycles. The number of hydrogen-bond acceptors (Lipinski definition) is 2. The molecule has 80 valence electrons. The summed E-state index contributed by atoms with van der Waals surface area (Å²) in [6.45, 7) is 5.33. The maximum atomic E-state index is 5.08. The first-order valence-electron chi connectivity index (χ1n) is 4.99. The Morgan fingerprint density at radius 2 is 2.00 bits per heavy atom. The average molecular weight is 203 g/mol. The largest absolute Gasteiger partial charge is 0.497 e. The predicted octanol–water partition coefficient (Wildman–Crippen LogP) is 2.48. The Hall–Kier alpha value is -1.54. The Kier molecular flexibility index (Phi) is 5.26. The number of benzene rings is 1. The summed E-state index contributed by atoms with van der Waals surface area (Å²) in [6.07, 6.45) is 6.02. The zero-order valence-corrected chi connectivity index (χ0v) is 9.07. The van der Waals surface area contributed by atoms with Gasteiger partial charge in [-0.05, 0) is 17.7 Å². The fraction of sp³-hybridized carbons (Fsp3) is 0.231. The molecule has 0 aliphatic rings. The smallest absolute Gasteiger partial charge is 0.118 e. The van der Waals surface area contributed by atoms with Crippen LogP contribution in [-0.4, -0.2) is 20.2 Å². The number of methoxy groups -OCH3 is 1. The quantitative estimate of drug-likeness (QED) is 0.566. The monoisotopic (exact) mass is 203 g/mol. The van der Waals surface area contributed by atoms with E-state index in [1.54, 1.807) is 7.11 Å². The summed E-state index contributed by atoms with van der Waals surface area (Å²) in [5.41, 5.74) is 1.18. The van der Waals surface area contributed by atoms with Crippen LogP contribution in [0.5, 0.6) is 5.75 Å². The van der Waals surface area contributed by atoms with E-state index in [4.69, 9.17) is 4.74 Å². The van der Waals surface area contributed by atoms with E-state index in [1.807, 2.05) is 30.3 Å². The molecular formula is C13H17NO. The van der Waals surface area contributed by atoms with Crippen molar-refractivity contribution >= 4 is 6.08 Å². The van der Waals surface area contributed by atoms with Gasteiger partial charge in [0.1, 0.15) is 5.75 Å². The standard InChI is InChI=1S/C13H17NO/c1-3-10-14-11-4-5-12-6-8-13(15-2)9-7-12/h3-9,14H,1,10-11H2,2H3/b5-4+. The molecule has 0 saturated heterocycles. The van der Waals surface area contributed by atoms with E-state index in [-0.39, 0.29) is 0 Å². The molecule has 0 spiro atoms. The third-order valence-corrected chi connectivity index (χ3v) is 1.98. The van der Waals surface area contributed by atoms with Gasteiger partial charge in [0, 0.05) is 13.1 Å². The average Bonchev–Trinajstić information content (AvgIpc) is 2.30. The van der Waals surface area contributed by atoms with Crippen LogP contribution in [0.4, 0.5) is 0 Å². The minimum absolute atomic E-state index is 0.840. The Balaban J connectivity index is 2.39. The lowest BCUT2D eigenvalue weighted by molar-refractivity contribution is 0.415. The van der Waals surface area contributed by atoms with Crippen LogP contribution in [0, 0.1) is 0 Å². The van der Waals surface area contributed by atoms with Gasteiger partial charge in [0.2, 0.25) is 0 Å². The second kappa shape index (κ2) is 6.85. The fourth-order valence-corrected chi connectivity index (χ4v) is 1.18. The van der Waals surface area contributed by atoms with E-state index >= 15 is 0 Å². The van der Waals surface area contributed by atoms with E-state index in [0.717, 1.165) is 18.8 Å². The molecule has 2 nitrogen and oxygen atoms in total. The fourth-order valence-electron chi connectivity index (χ4n) is 1.18. The lowest BCUT2D eigenvalue weighted by atomic mass is 10.2. The van der Waals surface area contributed by atoms with Crippen LogP contribution in [0.3, 0.4) is 0 Å². The van der Waals surface area contributed by atoms with Gasteiger partial charge in [0.05, 0.1) is 7.11 Å². The summed E-state index contributed by atoms with van der Waals surface area (Å²) in [5, 5.41) is 3.20. The van der Waals surface area contributed by atoms with Crippen LogP contribution in [0.25, 0.3) is 6.08 Å². The highest BCUT2D eigenvalue weighted by atomic mass is 16.5. The van der Waals surface area contributed by atoms with Gasteiger partial charge in [-0.3, -0.25) is 0 Å². The molecule has 2 heteroatoms. The summed E-state index contributed by atoms with van der Waals surface area (Å²) in [6, 6.07) is 7.97. The molecule has 0 saturated carbocycles. The van der Waals surface area contributed by atoms with E-state index in [1.165, 1.54) is 5.56 Å². The molecular weight excluding hydrogens is 186 g/mol. The minimum Gasteiger partial charge on any atom is -0.497 e. The van der Waals surface area contributed by atoms with Gasteiger partial charge in [0.25, 0.3) is 0 Å². The third-order valence-electron chi connectivity index (χ3n) is 1.98. The van der Waals surface area contributed by atoms with E-state index in [9.17, 15) is 0 Å². The van der Waals surface area contributed by atoms with Crippen molar-refractivity contribution in [2.24, 2.45) is 0 Å². The van der Waals surface area contributed by atoms with Gasteiger partial charge < -0.3 is 10.1 Å². The summed E-state index contributed by atoms with van der Waals surface area (Å²) in [5.74, 6) is 0.886. The van der Waals surface area contributed by atoms with Crippen molar-refractivity contribution in [1.29, 1.82) is 0 Å². The first-order valence-corrected chi connectivity index (χ1v) is 4.99. The van der Waals surface area contributed by atoms with Crippen LogP contribution < -0.4 is 10.1 Å². The summed E-state index contributed by atoms with van der Waals surface area (Å²) >= 11 is 0. The molecule has 0 unspecified atom stereocenters. The van der Waals surface area contributed by atoms with Crippen molar-refractivity contribution in [1.82, 2.24) is 5.32 Å². The molecule has 1 N–H and O–H groups in total. The maximum Gasteiger partial charge on any atom is 0.118 e. The van der Waals surface area contributed by atoms with Gasteiger partial charge in [-0.25, -0.2) is 0 Å². The first kappa shape index (κ1) is 11.5. The Morgan fingerprint density at radius 3 is 2.60 bits per heavy atom. The molecule has 0 heterocycles. The molecule has 0 atom stereocenters. The molecule has 0 aromatic heterocycles. The highest BCUT2D eigenvalue weighted by Gasteiger charge is 1.89. The Bertz CT molecular complexity index is 314. The van der Waals surface area contributed by atoms with Crippen LogP contribution in [0.2, 0.25) is 0 Å². The zero-order chi connectivity index (χ0) is 10.9. The van der Waals surface area contributed by atoms with Crippen molar-refractivity contribution < 1.29 is 4.74 Å². The molecule has 15 heavy (non-hydrogen) atoms. The lowest BCUT2D eigenvalue weighted by Gasteiger charge is -1.99. The first-order chi connectivity index (χ1) is 7.36. The normalized spacial score (nSPS) is 10.5. The Morgan fingerprint density at radius 1 is 1.27 bits per heavy atom. The molecule has 1 rings (SSSR count). The molecule has 1 aromatic rings. The van der Waals surface area contributed by atoms with Gasteiger partial charge in [-0.15, -0.1) is 6.58 Å². The van der Waals surface area contributed by atoms with Gasteiger partial charge in [-0.2, -0.15) is 0 Å². The summed E-state index contributed by atoms with van der Waals surface area (Å²) in [4.78, 5) is 0. The highest BCUT2D eigenvalue weighted by Crippen LogP contribution is 2.11. The number of hydrogen-bond donors (Lipinski definition) is 1. The molecule has 0 radical (unpaired) electrons. The second-order valence-electron chi connectivity index (χ2n) is 3.12. The zero-order valence-electron chi connectivity index (χ0n) is 9.07. The van der Waals surface area contributed by atoms with Gasteiger partial charge in [-0.1, -0.05) is 30.4 Å². The van der Waals surface area contributed by atoms with Crippen molar-refractivity contribution in [3.05, 3.63) is 48.6 Å². The molecule has 1 aromatic carbocycles. The van der Waals surface area contributed by atoms with Crippen LogP contribution in [-0.2, 0) is 0 Å². The van der Waals surface area contributed by atoms with Crippen molar-refractivity contribution in [2.45, 2.75) is 0 Å². The SMILES string of the molecule is C=CCNC/C=C/c1ccc(OC)cc1. The molecule has 0 aliphatic carbocycles. The topological polar surface area (TPSA) is 21.3 Å².